The second-order valence-electron chi connectivity index (χ2n) is 8.46. The maximum absolute atomic E-state index is 12.9. The zero-order chi connectivity index (χ0) is 24.9. The first-order chi connectivity index (χ1) is 16.9. The third-order valence-electron chi connectivity index (χ3n) is 6.33. The summed E-state index contributed by atoms with van der Waals surface area (Å²) < 4.78 is 5.60. The fourth-order valence-corrected chi connectivity index (χ4v) is 4.43. The molecule has 35 heavy (non-hydrogen) atoms. The SMILES string of the molecule is CCc1ccc(NC(=O)OCC2c3ccccc3-c3ccccc32)c(C(=O)N[C@@H](CC)C(=O)O)c1. The van der Waals surface area contributed by atoms with E-state index in [0.29, 0.717) is 6.42 Å². The van der Waals surface area contributed by atoms with Crippen molar-refractivity contribution in [1.82, 2.24) is 5.32 Å². The van der Waals surface area contributed by atoms with E-state index < -0.39 is 24.0 Å². The summed E-state index contributed by atoms with van der Waals surface area (Å²) in [6.07, 6.45) is 0.237. The number of aryl methyl sites for hydroxylation is 1. The van der Waals surface area contributed by atoms with Gasteiger partial charge in [0.15, 0.2) is 0 Å². The normalized spacial score (nSPS) is 12.9. The summed E-state index contributed by atoms with van der Waals surface area (Å²) in [7, 11) is 0. The van der Waals surface area contributed by atoms with Crippen LogP contribution in [0, 0.1) is 0 Å². The first-order valence-corrected chi connectivity index (χ1v) is 11.7. The lowest BCUT2D eigenvalue weighted by atomic mass is 9.98. The molecule has 0 saturated carbocycles. The molecule has 0 saturated heterocycles. The van der Waals surface area contributed by atoms with Crippen molar-refractivity contribution >= 4 is 23.7 Å². The maximum Gasteiger partial charge on any atom is 0.411 e. The number of anilines is 1. The van der Waals surface area contributed by atoms with E-state index in [9.17, 15) is 19.5 Å². The second kappa shape index (κ2) is 10.4. The number of fused-ring (bicyclic) bond motifs is 3. The predicted octanol–water partition coefficient (Wildman–Crippen LogP) is 5.20. The molecule has 1 aliphatic rings. The lowest BCUT2D eigenvalue weighted by Gasteiger charge is -2.17. The summed E-state index contributed by atoms with van der Waals surface area (Å²) in [6, 6.07) is 20.2. The molecule has 7 nitrogen and oxygen atoms in total. The van der Waals surface area contributed by atoms with E-state index in [1.54, 1.807) is 19.1 Å². The summed E-state index contributed by atoms with van der Waals surface area (Å²) in [5.74, 6) is -1.76. The third-order valence-corrected chi connectivity index (χ3v) is 6.33. The van der Waals surface area contributed by atoms with Gasteiger partial charge in [-0.25, -0.2) is 9.59 Å². The molecule has 1 aliphatic carbocycles. The van der Waals surface area contributed by atoms with E-state index in [0.717, 1.165) is 27.8 Å². The molecule has 2 amide bonds. The number of rotatable bonds is 8. The van der Waals surface area contributed by atoms with Crippen molar-refractivity contribution in [3.63, 3.8) is 0 Å². The first-order valence-electron chi connectivity index (χ1n) is 11.7. The fraction of sp³-hybridized carbons (Fsp3) is 0.250. The van der Waals surface area contributed by atoms with Gasteiger partial charge in [-0.1, -0.05) is 68.4 Å². The van der Waals surface area contributed by atoms with Gasteiger partial charge in [0, 0.05) is 5.92 Å². The number of carboxylic acid groups (broad SMARTS) is 1. The molecule has 180 valence electrons. The van der Waals surface area contributed by atoms with Gasteiger partial charge in [0.2, 0.25) is 0 Å². The molecule has 0 heterocycles. The van der Waals surface area contributed by atoms with Crippen LogP contribution in [-0.4, -0.2) is 35.7 Å². The average Bonchev–Trinajstić information content (AvgIpc) is 3.19. The molecular weight excluding hydrogens is 444 g/mol. The Morgan fingerprint density at radius 3 is 2.14 bits per heavy atom. The Bertz CT molecular complexity index is 1220. The van der Waals surface area contributed by atoms with Crippen LogP contribution in [0.4, 0.5) is 10.5 Å². The van der Waals surface area contributed by atoms with Gasteiger partial charge < -0.3 is 15.2 Å². The Morgan fingerprint density at radius 2 is 1.57 bits per heavy atom. The van der Waals surface area contributed by atoms with E-state index in [4.69, 9.17) is 4.74 Å². The summed E-state index contributed by atoms with van der Waals surface area (Å²) >= 11 is 0. The number of hydrogen-bond acceptors (Lipinski definition) is 4. The maximum atomic E-state index is 12.9. The number of carbonyl (C=O) groups is 3. The zero-order valence-electron chi connectivity index (χ0n) is 19.7. The number of nitrogens with one attached hydrogen (secondary N) is 2. The van der Waals surface area contributed by atoms with Crippen LogP contribution in [0.3, 0.4) is 0 Å². The molecule has 0 bridgehead atoms. The smallest absolute Gasteiger partial charge is 0.411 e. The van der Waals surface area contributed by atoms with Gasteiger partial charge in [0.25, 0.3) is 5.91 Å². The van der Waals surface area contributed by atoms with E-state index in [2.05, 4.69) is 22.8 Å². The standard InChI is InChI=1S/C28H28N2O5/c1-3-17-13-14-25(22(15-17)26(31)29-24(4-2)27(32)33)30-28(34)35-16-23-20-11-7-5-9-18(20)19-10-6-8-12-21(19)23/h5-15,23-24H,3-4,16H2,1-2H3,(H,29,31)(H,30,34)(H,32,33)/t24-/m0/s1. The van der Waals surface area contributed by atoms with Crippen molar-refractivity contribution < 1.29 is 24.2 Å². The first kappa shape index (κ1) is 24.0. The third kappa shape index (κ3) is 5.04. The molecular formula is C28H28N2O5. The molecule has 0 aromatic heterocycles. The lowest BCUT2D eigenvalue weighted by Crippen LogP contribution is -2.40. The number of carbonyl (C=O) groups excluding carboxylic acids is 2. The van der Waals surface area contributed by atoms with Crippen LogP contribution < -0.4 is 10.6 Å². The highest BCUT2D eigenvalue weighted by Crippen LogP contribution is 2.44. The van der Waals surface area contributed by atoms with Crippen molar-refractivity contribution in [2.45, 2.75) is 38.6 Å². The quantitative estimate of drug-likeness (QED) is 0.418. The summed E-state index contributed by atoms with van der Waals surface area (Å²) in [5.41, 5.74) is 5.82. The molecule has 3 aromatic rings. The molecule has 3 N–H and O–H groups in total. The molecule has 0 spiro atoms. The highest BCUT2D eigenvalue weighted by Gasteiger charge is 2.29. The molecule has 0 aliphatic heterocycles. The Kier molecular flexibility index (Phi) is 7.15. The number of amides is 2. The van der Waals surface area contributed by atoms with Crippen LogP contribution in [0.5, 0.6) is 0 Å². The van der Waals surface area contributed by atoms with Gasteiger partial charge in [-0.2, -0.15) is 0 Å². The van der Waals surface area contributed by atoms with Crippen LogP contribution in [0.15, 0.2) is 66.7 Å². The van der Waals surface area contributed by atoms with Crippen molar-refractivity contribution in [1.29, 1.82) is 0 Å². The second-order valence-corrected chi connectivity index (χ2v) is 8.46. The minimum atomic E-state index is -1.11. The molecule has 4 rings (SSSR count). The number of hydrogen-bond donors (Lipinski definition) is 3. The van der Waals surface area contributed by atoms with Crippen molar-refractivity contribution in [2.24, 2.45) is 0 Å². The van der Waals surface area contributed by atoms with E-state index in [1.807, 2.05) is 49.4 Å². The van der Waals surface area contributed by atoms with Gasteiger partial charge >= 0.3 is 12.1 Å². The zero-order valence-corrected chi connectivity index (χ0v) is 19.7. The van der Waals surface area contributed by atoms with Gasteiger partial charge in [-0.3, -0.25) is 10.1 Å². The van der Waals surface area contributed by atoms with E-state index in [1.165, 1.54) is 0 Å². The molecule has 0 radical (unpaired) electrons. The van der Waals surface area contributed by atoms with Crippen LogP contribution >= 0.6 is 0 Å². The number of benzene rings is 3. The number of aliphatic carboxylic acids is 1. The van der Waals surface area contributed by atoms with E-state index >= 15 is 0 Å². The predicted molar refractivity (Wildman–Crippen MR) is 134 cm³/mol. The monoisotopic (exact) mass is 472 g/mol. The van der Waals surface area contributed by atoms with Crippen molar-refractivity contribution in [2.75, 3.05) is 11.9 Å². The summed E-state index contributed by atoms with van der Waals surface area (Å²) in [6.45, 7) is 3.77. The Labute approximate surface area is 204 Å². The van der Waals surface area contributed by atoms with Crippen LogP contribution in [0.2, 0.25) is 0 Å². The van der Waals surface area contributed by atoms with Gasteiger partial charge in [-0.15, -0.1) is 0 Å². The lowest BCUT2D eigenvalue weighted by molar-refractivity contribution is -0.139. The van der Waals surface area contributed by atoms with Crippen LogP contribution in [-0.2, 0) is 16.0 Å². The van der Waals surface area contributed by atoms with Gasteiger partial charge in [-0.05, 0) is 52.8 Å². The van der Waals surface area contributed by atoms with Crippen LogP contribution in [0.1, 0.15) is 53.2 Å². The Balaban J connectivity index is 1.50. The minimum absolute atomic E-state index is 0.0840. The summed E-state index contributed by atoms with van der Waals surface area (Å²) in [5, 5.41) is 14.5. The highest BCUT2D eigenvalue weighted by atomic mass is 16.5. The van der Waals surface area contributed by atoms with E-state index in [-0.39, 0.29) is 30.2 Å². The van der Waals surface area contributed by atoms with Gasteiger partial charge in [0.05, 0.1) is 11.3 Å². The topological polar surface area (TPSA) is 105 Å². The van der Waals surface area contributed by atoms with Crippen molar-refractivity contribution in [3.05, 3.63) is 89.0 Å². The number of ether oxygens (including phenoxy) is 1. The molecule has 1 atom stereocenters. The molecule has 0 unspecified atom stereocenters. The summed E-state index contributed by atoms with van der Waals surface area (Å²) in [4.78, 5) is 37.0. The van der Waals surface area contributed by atoms with Crippen molar-refractivity contribution in [3.8, 4) is 11.1 Å². The Morgan fingerprint density at radius 1 is 0.943 bits per heavy atom. The minimum Gasteiger partial charge on any atom is -0.480 e. The molecule has 3 aromatic carbocycles. The largest absolute Gasteiger partial charge is 0.480 e. The molecule has 0 fully saturated rings. The highest BCUT2D eigenvalue weighted by molar-refractivity contribution is 6.04. The Hall–Kier alpha value is -4.13. The fourth-order valence-electron chi connectivity index (χ4n) is 4.43. The van der Waals surface area contributed by atoms with Crippen LogP contribution in [0.25, 0.3) is 11.1 Å². The average molecular weight is 473 g/mol. The number of carboxylic acids is 1. The van der Waals surface area contributed by atoms with Gasteiger partial charge in [0.1, 0.15) is 12.6 Å². The molecule has 7 heteroatoms.